The van der Waals surface area contributed by atoms with E-state index in [4.69, 9.17) is 4.42 Å². The molecule has 18 heavy (non-hydrogen) atoms. The van der Waals surface area contributed by atoms with Crippen LogP contribution >= 0.6 is 0 Å². The minimum atomic E-state index is -0.0589. The summed E-state index contributed by atoms with van der Waals surface area (Å²) in [4.78, 5) is 16.0. The first-order valence-electron chi connectivity index (χ1n) is 5.92. The molecule has 0 radical (unpaired) electrons. The number of nitrogens with zero attached hydrogens (tertiary/aromatic N) is 1. The van der Waals surface area contributed by atoms with E-state index in [1.54, 1.807) is 6.20 Å². The number of benzene rings is 1. The number of carbonyl (C=O) groups is 1. The standard InChI is InChI=1S/C14H16N2O2/c1-10-5-3-4-6-12(10)14(17)15-8-7-13-16-9-11(2)18-13/h3-6,9H,7-8H2,1-2H3,(H,15,17). The van der Waals surface area contributed by atoms with Crippen molar-refractivity contribution in [1.82, 2.24) is 10.3 Å². The van der Waals surface area contributed by atoms with Crippen LogP contribution in [0.2, 0.25) is 0 Å². The maximum Gasteiger partial charge on any atom is 0.251 e. The van der Waals surface area contributed by atoms with Gasteiger partial charge in [0.25, 0.3) is 5.91 Å². The molecule has 4 heteroatoms. The van der Waals surface area contributed by atoms with Gasteiger partial charge in [-0.15, -0.1) is 0 Å². The zero-order chi connectivity index (χ0) is 13.0. The predicted molar refractivity (Wildman–Crippen MR) is 68.5 cm³/mol. The second-order valence-electron chi connectivity index (χ2n) is 4.19. The summed E-state index contributed by atoms with van der Waals surface area (Å²) in [5, 5.41) is 2.86. The molecule has 0 saturated carbocycles. The average molecular weight is 244 g/mol. The summed E-state index contributed by atoms with van der Waals surface area (Å²) in [7, 11) is 0. The molecule has 2 aromatic rings. The van der Waals surface area contributed by atoms with Crippen molar-refractivity contribution in [1.29, 1.82) is 0 Å². The number of aromatic nitrogens is 1. The van der Waals surface area contributed by atoms with Gasteiger partial charge in [-0.3, -0.25) is 4.79 Å². The molecule has 0 aliphatic heterocycles. The minimum Gasteiger partial charge on any atom is -0.446 e. The fourth-order valence-corrected chi connectivity index (χ4v) is 1.72. The lowest BCUT2D eigenvalue weighted by molar-refractivity contribution is 0.0953. The van der Waals surface area contributed by atoms with Gasteiger partial charge in [0, 0.05) is 18.5 Å². The summed E-state index contributed by atoms with van der Waals surface area (Å²) in [5.41, 5.74) is 1.68. The summed E-state index contributed by atoms with van der Waals surface area (Å²) in [6, 6.07) is 7.52. The molecule has 0 atom stereocenters. The highest BCUT2D eigenvalue weighted by Gasteiger charge is 2.08. The smallest absolute Gasteiger partial charge is 0.251 e. The lowest BCUT2D eigenvalue weighted by Gasteiger charge is -2.06. The highest BCUT2D eigenvalue weighted by Crippen LogP contribution is 2.06. The van der Waals surface area contributed by atoms with E-state index >= 15 is 0 Å². The number of hydrogen-bond donors (Lipinski definition) is 1. The maximum atomic E-state index is 11.9. The van der Waals surface area contributed by atoms with Gasteiger partial charge in [0.2, 0.25) is 0 Å². The van der Waals surface area contributed by atoms with Crippen molar-refractivity contribution in [2.75, 3.05) is 6.54 Å². The Bertz CT molecular complexity index is 546. The van der Waals surface area contributed by atoms with E-state index < -0.39 is 0 Å². The second-order valence-corrected chi connectivity index (χ2v) is 4.19. The monoisotopic (exact) mass is 244 g/mol. The van der Waals surface area contributed by atoms with Crippen molar-refractivity contribution in [3.8, 4) is 0 Å². The Balaban J connectivity index is 1.87. The third-order valence-electron chi connectivity index (χ3n) is 2.68. The number of nitrogens with one attached hydrogen (secondary N) is 1. The van der Waals surface area contributed by atoms with Crippen LogP contribution in [0.25, 0.3) is 0 Å². The van der Waals surface area contributed by atoms with Crippen LogP contribution in [0, 0.1) is 13.8 Å². The summed E-state index contributed by atoms with van der Waals surface area (Å²) < 4.78 is 5.33. The zero-order valence-corrected chi connectivity index (χ0v) is 10.6. The number of carbonyl (C=O) groups excluding carboxylic acids is 1. The molecule has 2 rings (SSSR count). The molecule has 0 unspecified atom stereocenters. The molecular formula is C14H16N2O2. The van der Waals surface area contributed by atoms with Gasteiger partial charge in [0.1, 0.15) is 5.76 Å². The Kier molecular flexibility index (Phi) is 3.77. The normalized spacial score (nSPS) is 10.3. The molecule has 1 amide bonds. The van der Waals surface area contributed by atoms with E-state index in [2.05, 4.69) is 10.3 Å². The summed E-state index contributed by atoms with van der Waals surface area (Å²) in [6.07, 6.45) is 2.28. The second kappa shape index (κ2) is 5.49. The molecule has 4 nitrogen and oxygen atoms in total. The molecule has 1 aromatic heterocycles. The number of hydrogen-bond acceptors (Lipinski definition) is 3. The van der Waals surface area contributed by atoms with Crippen molar-refractivity contribution in [2.24, 2.45) is 0 Å². The van der Waals surface area contributed by atoms with E-state index in [0.717, 1.165) is 11.3 Å². The van der Waals surface area contributed by atoms with Gasteiger partial charge in [0.15, 0.2) is 5.89 Å². The molecular weight excluding hydrogens is 228 g/mol. The SMILES string of the molecule is Cc1cnc(CCNC(=O)c2ccccc2C)o1. The van der Waals surface area contributed by atoms with Crippen LogP contribution in [0.15, 0.2) is 34.9 Å². The summed E-state index contributed by atoms with van der Waals surface area (Å²) in [6.45, 7) is 4.29. The Labute approximate surface area is 106 Å². The largest absolute Gasteiger partial charge is 0.446 e. The molecule has 0 fully saturated rings. The molecule has 0 saturated heterocycles. The van der Waals surface area contributed by atoms with Crippen molar-refractivity contribution in [3.63, 3.8) is 0 Å². The summed E-state index contributed by atoms with van der Waals surface area (Å²) >= 11 is 0. The lowest BCUT2D eigenvalue weighted by atomic mass is 10.1. The Morgan fingerprint density at radius 1 is 1.33 bits per heavy atom. The van der Waals surface area contributed by atoms with Gasteiger partial charge in [-0.05, 0) is 25.5 Å². The van der Waals surface area contributed by atoms with E-state index in [1.807, 2.05) is 38.1 Å². The first-order chi connectivity index (χ1) is 8.66. The Morgan fingerprint density at radius 3 is 2.78 bits per heavy atom. The zero-order valence-electron chi connectivity index (χ0n) is 10.6. The van der Waals surface area contributed by atoms with Crippen LogP contribution in [0.4, 0.5) is 0 Å². The molecule has 0 aliphatic rings. The molecule has 0 spiro atoms. The van der Waals surface area contributed by atoms with Crippen LogP contribution in [-0.4, -0.2) is 17.4 Å². The average Bonchev–Trinajstić information content (AvgIpc) is 2.75. The first kappa shape index (κ1) is 12.4. The highest BCUT2D eigenvalue weighted by atomic mass is 16.4. The number of oxazole rings is 1. The Hall–Kier alpha value is -2.10. The van der Waals surface area contributed by atoms with Crippen LogP contribution in [0.5, 0.6) is 0 Å². The van der Waals surface area contributed by atoms with Crippen molar-refractivity contribution in [2.45, 2.75) is 20.3 Å². The van der Waals surface area contributed by atoms with Crippen LogP contribution in [0.1, 0.15) is 27.6 Å². The molecule has 1 aromatic carbocycles. The van der Waals surface area contributed by atoms with Gasteiger partial charge in [-0.2, -0.15) is 0 Å². The van der Waals surface area contributed by atoms with Gasteiger partial charge >= 0.3 is 0 Å². The van der Waals surface area contributed by atoms with Crippen LogP contribution in [-0.2, 0) is 6.42 Å². The van der Waals surface area contributed by atoms with Crippen molar-refractivity contribution >= 4 is 5.91 Å². The first-order valence-corrected chi connectivity index (χ1v) is 5.92. The lowest BCUT2D eigenvalue weighted by Crippen LogP contribution is -2.26. The molecule has 1 N–H and O–H groups in total. The topological polar surface area (TPSA) is 55.1 Å². The fraction of sp³-hybridized carbons (Fsp3) is 0.286. The Morgan fingerprint density at radius 2 is 2.11 bits per heavy atom. The van der Waals surface area contributed by atoms with Crippen molar-refractivity contribution < 1.29 is 9.21 Å². The third-order valence-corrected chi connectivity index (χ3v) is 2.68. The van der Waals surface area contributed by atoms with E-state index in [9.17, 15) is 4.79 Å². The predicted octanol–water partition coefficient (Wildman–Crippen LogP) is 2.26. The summed E-state index contributed by atoms with van der Waals surface area (Å²) in [5.74, 6) is 1.38. The van der Waals surface area contributed by atoms with Gasteiger partial charge in [-0.1, -0.05) is 18.2 Å². The van der Waals surface area contributed by atoms with Crippen LogP contribution < -0.4 is 5.32 Å². The fourth-order valence-electron chi connectivity index (χ4n) is 1.72. The third kappa shape index (κ3) is 2.97. The van der Waals surface area contributed by atoms with Gasteiger partial charge in [-0.25, -0.2) is 4.98 Å². The molecule has 0 bridgehead atoms. The maximum absolute atomic E-state index is 11.9. The number of rotatable bonds is 4. The molecule has 1 heterocycles. The highest BCUT2D eigenvalue weighted by molar-refractivity contribution is 5.95. The quantitative estimate of drug-likeness (QED) is 0.897. The number of amides is 1. The minimum absolute atomic E-state index is 0.0589. The van der Waals surface area contributed by atoms with Crippen LogP contribution in [0.3, 0.4) is 0 Å². The van der Waals surface area contributed by atoms with Gasteiger partial charge in [0.05, 0.1) is 6.20 Å². The van der Waals surface area contributed by atoms with E-state index in [-0.39, 0.29) is 5.91 Å². The molecule has 94 valence electrons. The molecule has 0 aliphatic carbocycles. The van der Waals surface area contributed by atoms with Crippen molar-refractivity contribution in [3.05, 3.63) is 53.2 Å². The van der Waals surface area contributed by atoms with Gasteiger partial charge < -0.3 is 9.73 Å². The van der Waals surface area contributed by atoms with E-state index in [0.29, 0.717) is 24.4 Å². The van der Waals surface area contributed by atoms with E-state index in [1.165, 1.54) is 0 Å². The number of aryl methyl sites for hydroxylation is 2.